The molecule has 6 heteroatoms. The van der Waals surface area contributed by atoms with Gasteiger partial charge in [0.1, 0.15) is 17.5 Å². The highest BCUT2D eigenvalue weighted by Crippen LogP contribution is 2.21. The van der Waals surface area contributed by atoms with Crippen molar-refractivity contribution in [2.45, 2.75) is 20.0 Å². The van der Waals surface area contributed by atoms with Crippen molar-refractivity contribution in [1.82, 2.24) is 9.97 Å². The van der Waals surface area contributed by atoms with Gasteiger partial charge in [0.2, 0.25) is 0 Å². The Hall–Kier alpha value is -1.28. The highest BCUT2D eigenvalue weighted by molar-refractivity contribution is 14.1. The van der Waals surface area contributed by atoms with E-state index in [0.29, 0.717) is 18.9 Å². The van der Waals surface area contributed by atoms with Crippen molar-refractivity contribution in [2.24, 2.45) is 0 Å². The summed E-state index contributed by atoms with van der Waals surface area (Å²) in [7, 11) is 1.64. The molecular weight excluding hydrogens is 384 g/mol. The van der Waals surface area contributed by atoms with Gasteiger partial charge in [-0.3, -0.25) is 0 Å². The Labute approximate surface area is 137 Å². The molecule has 2 rings (SSSR count). The van der Waals surface area contributed by atoms with E-state index in [1.807, 2.05) is 6.92 Å². The lowest BCUT2D eigenvalue weighted by Crippen LogP contribution is -2.10. The minimum absolute atomic E-state index is 0.240. The summed E-state index contributed by atoms with van der Waals surface area (Å²) in [6.45, 7) is 3.25. The summed E-state index contributed by atoms with van der Waals surface area (Å²) < 4.78 is 19.1. The van der Waals surface area contributed by atoms with Crippen molar-refractivity contribution < 1.29 is 9.13 Å². The second-order valence-corrected chi connectivity index (χ2v) is 5.59. The maximum absolute atomic E-state index is 12.9. The number of halogens is 2. The van der Waals surface area contributed by atoms with Gasteiger partial charge in [0.25, 0.3) is 0 Å². The van der Waals surface area contributed by atoms with Gasteiger partial charge in [0.15, 0.2) is 0 Å². The predicted molar refractivity (Wildman–Crippen MR) is 88.8 cm³/mol. The molecule has 0 atom stereocenters. The van der Waals surface area contributed by atoms with Crippen LogP contribution in [-0.4, -0.2) is 23.6 Å². The van der Waals surface area contributed by atoms with Crippen molar-refractivity contribution in [3.63, 3.8) is 0 Å². The minimum Gasteiger partial charge on any atom is -0.378 e. The molecule has 4 nitrogen and oxygen atoms in total. The molecule has 0 unspecified atom stereocenters. The lowest BCUT2D eigenvalue weighted by Gasteiger charge is -2.12. The summed E-state index contributed by atoms with van der Waals surface area (Å²) in [5.41, 5.74) is 1.84. The van der Waals surface area contributed by atoms with Gasteiger partial charge in [0.05, 0.1) is 15.9 Å². The van der Waals surface area contributed by atoms with Crippen molar-refractivity contribution in [1.29, 1.82) is 0 Å². The molecule has 1 N–H and O–H groups in total. The van der Waals surface area contributed by atoms with Crippen LogP contribution in [0.1, 0.15) is 24.0 Å². The largest absolute Gasteiger partial charge is 0.378 e. The first-order valence-electron chi connectivity index (χ1n) is 6.66. The molecule has 0 saturated heterocycles. The van der Waals surface area contributed by atoms with Gasteiger partial charge in [-0.15, -0.1) is 0 Å². The maximum Gasteiger partial charge on any atom is 0.143 e. The molecule has 0 fully saturated rings. The molecule has 1 aromatic heterocycles. The van der Waals surface area contributed by atoms with E-state index in [9.17, 15) is 4.39 Å². The molecule has 1 aromatic carbocycles. The summed E-state index contributed by atoms with van der Waals surface area (Å²) >= 11 is 2.22. The third-order valence-electron chi connectivity index (χ3n) is 2.87. The summed E-state index contributed by atoms with van der Waals surface area (Å²) in [5, 5.41) is 3.24. The smallest absolute Gasteiger partial charge is 0.143 e. The molecule has 21 heavy (non-hydrogen) atoms. The predicted octanol–water partition coefficient (Wildman–Crippen LogP) is 3.39. The summed E-state index contributed by atoms with van der Waals surface area (Å²) in [5.74, 6) is 1.28. The molecule has 0 aliphatic heterocycles. The lowest BCUT2D eigenvalue weighted by atomic mass is 10.1. The molecule has 0 aliphatic carbocycles. The first kappa shape index (κ1) is 16.1. The average molecular weight is 401 g/mol. The van der Waals surface area contributed by atoms with Crippen molar-refractivity contribution in [3.05, 3.63) is 50.7 Å². The van der Waals surface area contributed by atoms with Crippen LogP contribution < -0.4 is 5.32 Å². The molecule has 0 bridgehead atoms. The van der Waals surface area contributed by atoms with Gasteiger partial charge in [-0.05, 0) is 47.2 Å². The quantitative estimate of drug-likeness (QED) is 0.754. The van der Waals surface area contributed by atoms with Crippen LogP contribution in [0.25, 0.3) is 0 Å². The zero-order valence-corrected chi connectivity index (χ0v) is 14.1. The van der Waals surface area contributed by atoms with Gasteiger partial charge in [0, 0.05) is 20.1 Å². The van der Waals surface area contributed by atoms with Crippen molar-refractivity contribution >= 4 is 28.4 Å². The summed E-state index contributed by atoms with van der Waals surface area (Å²) in [4.78, 5) is 9.09. The van der Waals surface area contributed by atoms with Crippen molar-refractivity contribution in [2.75, 3.05) is 19.0 Å². The van der Waals surface area contributed by atoms with Crippen LogP contribution in [0.5, 0.6) is 0 Å². The van der Waals surface area contributed by atoms with Crippen LogP contribution in [0.3, 0.4) is 0 Å². The van der Waals surface area contributed by atoms with Crippen LogP contribution in [-0.2, 0) is 17.8 Å². The Kier molecular flexibility index (Phi) is 5.86. The molecule has 0 aliphatic rings. The van der Waals surface area contributed by atoms with Crippen LogP contribution >= 0.6 is 22.6 Å². The Morgan fingerprint density at radius 2 is 1.95 bits per heavy atom. The zero-order chi connectivity index (χ0) is 15.2. The fraction of sp³-hybridized carbons (Fsp3) is 0.333. The normalized spacial score (nSPS) is 10.7. The number of ether oxygens (including phenoxy) is 1. The monoisotopic (exact) mass is 401 g/mol. The van der Waals surface area contributed by atoms with Crippen LogP contribution in [0.4, 0.5) is 10.2 Å². The first-order valence-corrected chi connectivity index (χ1v) is 7.74. The standard InChI is InChI=1S/C15H17FIN3O/c1-3-18-15-14(17)12(9-21-2)19-13(20-15)8-10-4-6-11(16)7-5-10/h4-7H,3,8-9H2,1-2H3,(H,18,19,20). The maximum atomic E-state index is 12.9. The first-order chi connectivity index (χ1) is 10.1. The number of hydrogen-bond acceptors (Lipinski definition) is 4. The van der Waals surface area contributed by atoms with Crippen LogP contribution in [0.2, 0.25) is 0 Å². The van der Waals surface area contributed by atoms with E-state index in [4.69, 9.17) is 4.74 Å². The second-order valence-electron chi connectivity index (χ2n) is 4.52. The van der Waals surface area contributed by atoms with Crippen LogP contribution in [0, 0.1) is 9.39 Å². The fourth-order valence-corrected chi connectivity index (χ4v) is 2.51. The zero-order valence-electron chi connectivity index (χ0n) is 12.0. The number of methoxy groups -OCH3 is 1. The molecule has 0 saturated carbocycles. The van der Waals surface area contributed by atoms with E-state index < -0.39 is 0 Å². The highest BCUT2D eigenvalue weighted by atomic mass is 127. The van der Waals surface area contributed by atoms with E-state index in [0.717, 1.165) is 27.2 Å². The van der Waals surface area contributed by atoms with Gasteiger partial charge < -0.3 is 10.1 Å². The SMILES string of the molecule is CCNc1nc(Cc2ccc(F)cc2)nc(COC)c1I. The van der Waals surface area contributed by atoms with Gasteiger partial charge >= 0.3 is 0 Å². The summed E-state index contributed by atoms with van der Waals surface area (Å²) in [6, 6.07) is 6.39. The Morgan fingerprint density at radius 3 is 2.57 bits per heavy atom. The third kappa shape index (κ3) is 4.34. The summed E-state index contributed by atoms with van der Waals surface area (Å²) in [6.07, 6.45) is 0.562. The fourth-order valence-electron chi connectivity index (χ4n) is 1.93. The van der Waals surface area contributed by atoms with Crippen LogP contribution in [0.15, 0.2) is 24.3 Å². The number of hydrogen-bond donors (Lipinski definition) is 1. The number of anilines is 1. The molecule has 1 heterocycles. The van der Waals surface area contributed by atoms with E-state index in [-0.39, 0.29) is 5.82 Å². The average Bonchev–Trinajstić information content (AvgIpc) is 2.47. The van der Waals surface area contributed by atoms with E-state index in [1.165, 1.54) is 12.1 Å². The number of rotatable bonds is 6. The topological polar surface area (TPSA) is 47.0 Å². The van der Waals surface area contributed by atoms with Gasteiger partial charge in [-0.25, -0.2) is 14.4 Å². The Morgan fingerprint density at radius 1 is 1.24 bits per heavy atom. The van der Waals surface area contributed by atoms with Crippen molar-refractivity contribution in [3.8, 4) is 0 Å². The highest BCUT2D eigenvalue weighted by Gasteiger charge is 2.12. The molecule has 112 valence electrons. The lowest BCUT2D eigenvalue weighted by molar-refractivity contribution is 0.180. The number of nitrogens with zero attached hydrogens (tertiary/aromatic N) is 2. The Bertz CT molecular complexity index is 577. The molecule has 2 aromatic rings. The van der Waals surface area contributed by atoms with Gasteiger partial charge in [-0.1, -0.05) is 12.1 Å². The number of nitrogens with one attached hydrogen (secondary N) is 1. The molecule has 0 radical (unpaired) electrons. The third-order valence-corrected chi connectivity index (χ3v) is 4.00. The van der Waals surface area contributed by atoms with E-state index >= 15 is 0 Å². The minimum atomic E-state index is -0.240. The number of aromatic nitrogens is 2. The van der Waals surface area contributed by atoms with Gasteiger partial charge in [-0.2, -0.15) is 0 Å². The Balaban J connectivity index is 2.31. The number of benzene rings is 1. The molecule has 0 amide bonds. The molecular formula is C15H17FIN3O. The second kappa shape index (κ2) is 7.65. The van der Waals surface area contributed by atoms with E-state index in [2.05, 4.69) is 37.9 Å². The molecule has 0 spiro atoms. The van der Waals surface area contributed by atoms with E-state index in [1.54, 1.807) is 19.2 Å².